The van der Waals surface area contributed by atoms with E-state index in [0.29, 0.717) is 16.7 Å². The van der Waals surface area contributed by atoms with E-state index in [1.807, 2.05) is 0 Å². The molecule has 0 radical (unpaired) electrons. The molecule has 25 heavy (non-hydrogen) atoms. The third kappa shape index (κ3) is 3.09. The number of rotatable bonds is 4. The van der Waals surface area contributed by atoms with Crippen LogP contribution in [0.15, 0.2) is 42.5 Å². The number of aromatic carboxylic acids is 1. The van der Waals surface area contributed by atoms with Gasteiger partial charge in [-0.25, -0.2) is 4.79 Å². The Bertz CT molecular complexity index is 860. The Morgan fingerprint density at radius 1 is 1.12 bits per heavy atom. The van der Waals surface area contributed by atoms with E-state index in [9.17, 15) is 19.5 Å². The average Bonchev–Trinajstić information content (AvgIpc) is 2.84. The van der Waals surface area contributed by atoms with E-state index < -0.39 is 12.2 Å². The molecule has 0 spiro atoms. The van der Waals surface area contributed by atoms with Crippen molar-refractivity contribution >= 4 is 17.8 Å². The van der Waals surface area contributed by atoms with Gasteiger partial charge < -0.3 is 20.4 Å². The average molecular weight is 340 g/mol. The summed E-state index contributed by atoms with van der Waals surface area (Å²) >= 11 is 0. The minimum absolute atomic E-state index is 0.177. The number of benzene rings is 2. The van der Waals surface area contributed by atoms with Crippen molar-refractivity contribution in [3.63, 3.8) is 0 Å². The summed E-state index contributed by atoms with van der Waals surface area (Å²) in [5.41, 5.74) is 2.07. The van der Waals surface area contributed by atoms with E-state index in [1.54, 1.807) is 12.1 Å². The highest BCUT2D eigenvalue weighted by atomic mass is 16.4. The third-order valence-electron chi connectivity index (χ3n) is 4.16. The number of hydrogen-bond acceptors (Lipinski definition) is 4. The van der Waals surface area contributed by atoms with Crippen LogP contribution in [0.4, 0.5) is 0 Å². The van der Waals surface area contributed by atoms with Crippen molar-refractivity contribution in [1.82, 2.24) is 10.2 Å². The quantitative estimate of drug-likeness (QED) is 0.780. The predicted molar refractivity (Wildman–Crippen MR) is 88.1 cm³/mol. The maximum Gasteiger partial charge on any atom is 0.335 e. The first-order valence-electron chi connectivity index (χ1n) is 7.58. The summed E-state index contributed by atoms with van der Waals surface area (Å²) in [5.74, 6) is -1.64. The van der Waals surface area contributed by atoms with E-state index in [0.717, 1.165) is 5.56 Å². The fourth-order valence-corrected chi connectivity index (χ4v) is 2.67. The molecular formula is C18H16N2O5. The van der Waals surface area contributed by atoms with E-state index in [2.05, 4.69) is 5.32 Å². The van der Waals surface area contributed by atoms with Crippen molar-refractivity contribution in [2.45, 2.75) is 12.8 Å². The first-order valence-corrected chi connectivity index (χ1v) is 7.58. The molecule has 1 aliphatic rings. The van der Waals surface area contributed by atoms with Gasteiger partial charge in [-0.2, -0.15) is 0 Å². The molecule has 2 amide bonds. The summed E-state index contributed by atoms with van der Waals surface area (Å²) in [5, 5.41) is 21.6. The van der Waals surface area contributed by atoms with Crippen molar-refractivity contribution < 1.29 is 24.6 Å². The summed E-state index contributed by atoms with van der Waals surface area (Å²) in [6.45, 7) is 0.233. The van der Waals surface area contributed by atoms with Gasteiger partial charge in [0.05, 0.1) is 5.56 Å². The molecule has 1 heterocycles. The van der Waals surface area contributed by atoms with Gasteiger partial charge in [0.15, 0.2) is 6.23 Å². The molecule has 0 aromatic heterocycles. The van der Waals surface area contributed by atoms with Gasteiger partial charge in [-0.05, 0) is 35.9 Å². The monoisotopic (exact) mass is 340 g/mol. The Kier molecular flexibility index (Phi) is 4.24. The zero-order chi connectivity index (χ0) is 18.1. The van der Waals surface area contributed by atoms with Crippen LogP contribution in [0.2, 0.25) is 0 Å². The molecule has 1 atom stereocenters. The van der Waals surface area contributed by atoms with Crippen molar-refractivity contribution in [1.29, 1.82) is 0 Å². The molecule has 1 unspecified atom stereocenters. The standard InChI is InChI=1S/C18H16N2O5/c1-20-16(22)13-7-6-12(8-14(13)17(20)23)15(21)19-9-10-2-4-11(5-3-10)18(24)25/h2-8,17,23H,9H2,1H3,(H,19,21)(H,24,25). The first kappa shape index (κ1) is 16.7. The third-order valence-corrected chi connectivity index (χ3v) is 4.16. The smallest absolute Gasteiger partial charge is 0.335 e. The van der Waals surface area contributed by atoms with Gasteiger partial charge in [-0.3, -0.25) is 9.59 Å². The molecule has 2 aromatic rings. The summed E-state index contributed by atoms with van der Waals surface area (Å²) in [6.07, 6.45) is -1.06. The second-order valence-electron chi connectivity index (χ2n) is 5.78. The van der Waals surface area contributed by atoms with E-state index >= 15 is 0 Å². The topological polar surface area (TPSA) is 107 Å². The fourth-order valence-electron chi connectivity index (χ4n) is 2.67. The number of hydrogen-bond donors (Lipinski definition) is 3. The molecule has 7 heteroatoms. The van der Waals surface area contributed by atoms with Crippen LogP contribution in [0.5, 0.6) is 0 Å². The van der Waals surface area contributed by atoms with E-state index in [4.69, 9.17) is 5.11 Å². The van der Waals surface area contributed by atoms with Crippen LogP contribution < -0.4 is 5.32 Å². The number of carbonyl (C=O) groups excluding carboxylic acids is 2. The number of fused-ring (bicyclic) bond motifs is 1. The second kappa shape index (κ2) is 6.37. The lowest BCUT2D eigenvalue weighted by Gasteiger charge is -2.13. The van der Waals surface area contributed by atoms with E-state index in [1.165, 1.54) is 42.3 Å². The number of nitrogens with zero attached hydrogens (tertiary/aromatic N) is 1. The predicted octanol–water partition coefficient (Wildman–Crippen LogP) is 1.39. The van der Waals surface area contributed by atoms with Crippen molar-refractivity contribution in [2.75, 3.05) is 7.05 Å². The minimum Gasteiger partial charge on any atom is -0.478 e. The largest absolute Gasteiger partial charge is 0.478 e. The number of carboxylic acid groups (broad SMARTS) is 1. The van der Waals surface area contributed by atoms with Crippen LogP contribution in [0.3, 0.4) is 0 Å². The molecule has 128 valence electrons. The Hall–Kier alpha value is -3.19. The molecule has 0 fully saturated rings. The van der Waals surface area contributed by atoms with Crippen molar-refractivity contribution in [3.05, 3.63) is 70.3 Å². The number of amides is 2. The lowest BCUT2D eigenvalue weighted by Crippen LogP contribution is -2.23. The molecule has 1 aliphatic heterocycles. The van der Waals surface area contributed by atoms with Crippen molar-refractivity contribution in [3.8, 4) is 0 Å². The summed E-state index contributed by atoms with van der Waals surface area (Å²) in [4.78, 5) is 36.2. The summed E-state index contributed by atoms with van der Waals surface area (Å²) < 4.78 is 0. The van der Waals surface area contributed by atoms with Gasteiger partial charge in [-0.1, -0.05) is 12.1 Å². The van der Waals surface area contributed by atoms with Crippen molar-refractivity contribution in [2.24, 2.45) is 0 Å². The normalized spacial score (nSPS) is 15.8. The number of aliphatic hydroxyl groups is 1. The number of nitrogens with one attached hydrogen (secondary N) is 1. The first-order chi connectivity index (χ1) is 11.9. The molecule has 0 aliphatic carbocycles. The highest BCUT2D eigenvalue weighted by Gasteiger charge is 2.33. The van der Waals surface area contributed by atoms with Crippen LogP contribution in [0, 0.1) is 0 Å². The molecule has 0 bridgehead atoms. The lowest BCUT2D eigenvalue weighted by atomic mass is 10.0. The van der Waals surface area contributed by atoms with Crippen LogP contribution >= 0.6 is 0 Å². The maximum absolute atomic E-state index is 12.3. The molecule has 0 saturated heterocycles. The number of aliphatic hydroxyl groups excluding tert-OH is 1. The zero-order valence-electron chi connectivity index (χ0n) is 13.4. The summed E-state index contributed by atoms with van der Waals surface area (Å²) in [6, 6.07) is 10.8. The SMILES string of the molecule is CN1C(=O)c2ccc(C(=O)NCc3ccc(C(=O)O)cc3)cc2C1O. The molecule has 0 saturated carbocycles. The molecule has 3 N–H and O–H groups in total. The van der Waals surface area contributed by atoms with E-state index in [-0.39, 0.29) is 23.9 Å². The van der Waals surface area contributed by atoms with Gasteiger partial charge >= 0.3 is 5.97 Å². The lowest BCUT2D eigenvalue weighted by molar-refractivity contribution is 0.0301. The maximum atomic E-state index is 12.3. The Balaban J connectivity index is 1.70. The summed E-state index contributed by atoms with van der Waals surface area (Å²) in [7, 11) is 1.49. The van der Waals surface area contributed by atoms with Gasteiger partial charge in [-0.15, -0.1) is 0 Å². The van der Waals surface area contributed by atoms with Crippen LogP contribution in [0.25, 0.3) is 0 Å². The number of carbonyl (C=O) groups is 3. The van der Waals surface area contributed by atoms with Gasteiger partial charge in [0.1, 0.15) is 0 Å². The zero-order valence-corrected chi connectivity index (χ0v) is 13.4. The van der Waals surface area contributed by atoms with Crippen LogP contribution in [0.1, 0.15) is 48.4 Å². The Morgan fingerprint density at radius 3 is 2.40 bits per heavy atom. The Labute approximate surface area is 143 Å². The fraction of sp³-hybridized carbons (Fsp3) is 0.167. The molecule has 2 aromatic carbocycles. The van der Waals surface area contributed by atoms with Gasteiger partial charge in [0.25, 0.3) is 11.8 Å². The minimum atomic E-state index is -1.06. The number of carboxylic acids is 1. The van der Waals surface area contributed by atoms with Crippen LogP contribution in [-0.2, 0) is 6.54 Å². The van der Waals surface area contributed by atoms with Gasteiger partial charge in [0, 0.05) is 30.3 Å². The highest BCUT2D eigenvalue weighted by Crippen LogP contribution is 2.30. The Morgan fingerprint density at radius 2 is 1.76 bits per heavy atom. The second-order valence-corrected chi connectivity index (χ2v) is 5.78. The van der Waals surface area contributed by atoms with Gasteiger partial charge in [0.2, 0.25) is 0 Å². The molecule has 7 nitrogen and oxygen atoms in total. The molecule has 3 rings (SSSR count). The highest BCUT2D eigenvalue weighted by molar-refractivity contribution is 6.01. The van der Waals surface area contributed by atoms with Crippen LogP contribution in [-0.4, -0.2) is 39.9 Å². The molecular weight excluding hydrogens is 324 g/mol.